The number of halogens is 1. The molecule has 3 rings (SSSR count). The zero-order valence-corrected chi connectivity index (χ0v) is 20.1. The molecule has 32 heavy (non-hydrogen) atoms. The van der Waals surface area contributed by atoms with Crippen molar-refractivity contribution in [1.29, 1.82) is 0 Å². The molecule has 0 unspecified atom stereocenters. The number of alkyl halides is 1. The van der Waals surface area contributed by atoms with E-state index in [4.69, 9.17) is 4.74 Å². The van der Waals surface area contributed by atoms with Crippen LogP contribution in [0.25, 0.3) is 6.08 Å². The zero-order chi connectivity index (χ0) is 22.9. The van der Waals surface area contributed by atoms with Crippen LogP contribution in [0.15, 0.2) is 66.7 Å². The van der Waals surface area contributed by atoms with Gasteiger partial charge in [-0.15, -0.1) is 0 Å². The van der Waals surface area contributed by atoms with Crippen molar-refractivity contribution in [3.8, 4) is 0 Å². The molecule has 6 nitrogen and oxygen atoms in total. The lowest BCUT2D eigenvalue weighted by atomic mass is 10.0. The molecule has 1 aliphatic heterocycles. The summed E-state index contributed by atoms with van der Waals surface area (Å²) in [4.78, 5) is 40.1. The molecule has 1 saturated heterocycles. The van der Waals surface area contributed by atoms with Crippen LogP contribution in [0.3, 0.4) is 0 Å². The number of ether oxygens (including phenoxy) is 1. The highest BCUT2D eigenvalue weighted by Gasteiger charge is 2.37. The van der Waals surface area contributed by atoms with E-state index < -0.39 is 18.1 Å². The number of likely N-dealkylation sites (tertiary alicyclic amines) is 1. The van der Waals surface area contributed by atoms with Gasteiger partial charge in [0.2, 0.25) is 11.8 Å². The molecule has 0 saturated carbocycles. The molecule has 1 N–H and O–H groups in total. The number of carbonyl (C=O) groups excluding carboxylic acids is 3. The monoisotopic (exact) mass is 546 g/mol. The van der Waals surface area contributed by atoms with Gasteiger partial charge >= 0.3 is 5.97 Å². The van der Waals surface area contributed by atoms with Crippen LogP contribution in [-0.4, -0.2) is 47.9 Å². The summed E-state index contributed by atoms with van der Waals surface area (Å²) in [5, 5.41) is 2.86. The second-order valence-corrected chi connectivity index (χ2v) is 8.83. The fraction of sp³-hybridized carbons (Fsp3) is 0.320. The third-order valence-corrected chi connectivity index (χ3v) is 6.74. The van der Waals surface area contributed by atoms with Gasteiger partial charge in [0.25, 0.3) is 0 Å². The van der Waals surface area contributed by atoms with Crippen molar-refractivity contribution in [1.82, 2.24) is 10.2 Å². The normalized spacial score (nSPS) is 17.7. The molecule has 2 amide bonds. The first-order valence-corrected chi connectivity index (χ1v) is 12.0. The van der Waals surface area contributed by atoms with Gasteiger partial charge in [0, 0.05) is 12.6 Å². The minimum absolute atomic E-state index is 0.215. The number of benzene rings is 2. The van der Waals surface area contributed by atoms with Crippen LogP contribution in [0.2, 0.25) is 0 Å². The SMILES string of the molecule is CCOC(=O)[C@@H](NC(=O)[C@@H]1CCCN1C(=O)/C=C/c1ccccc1)[C@@H](I)c1ccccc1. The van der Waals surface area contributed by atoms with Crippen LogP contribution in [-0.2, 0) is 19.1 Å². The molecule has 2 aromatic carbocycles. The van der Waals surface area contributed by atoms with Gasteiger partial charge < -0.3 is 15.0 Å². The Morgan fingerprint density at radius 2 is 1.78 bits per heavy atom. The first kappa shape index (κ1) is 24.0. The van der Waals surface area contributed by atoms with Crippen LogP contribution in [0.4, 0.5) is 0 Å². The number of rotatable bonds is 8. The van der Waals surface area contributed by atoms with E-state index >= 15 is 0 Å². The second kappa shape index (κ2) is 11.8. The first-order chi connectivity index (χ1) is 15.5. The molecular weight excluding hydrogens is 519 g/mol. The van der Waals surface area contributed by atoms with E-state index in [-0.39, 0.29) is 22.3 Å². The summed E-state index contributed by atoms with van der Waals surface area (Å²) in [6, 6.07) is 17.6. The number of nitrogens with one attached hydrogen (secondary N) is 1. The van der Waals surface area contributed by atoms with Crippen LogP contribution < -0.4 is 5.32 Å². The highest BCUT2D eigenvalue weighted by molar-refractivity contribution is 14.1. The Labute approximate surface area is 202 Å². The van der Waals surface area contributed by atoms with E-state index in [9.17, 15) is 14.4 Å². The smallest absolute Gasteiger partial charge is 0.330 e. The largest absolute Gasteiger partial charge is 0.464 e. The quantitative estimate of drug-likeness (QED) is 0.236. The Morgan fingerprint density at radius 3 is 2.44 bits per heavy atom. The van der Waals surface area contributed by atoms with Crippen LogP contribution in [0.5, 0.6) is 0 Å². The Hall–Kier alpha value is -2.68. The molecule has 0 aromatic heterocycles. The maximum absolute atomic E-state index is 13.1. The minimum Gasteiger partial charge on any atom is -0.464 e. The summed E-state index contributed by atoms with van der Waals surface area (Å²) < 4.78 is 4.92. The maximum Gasteiger partial charge on any atom is 0.330 e. The summed E-state index contributed by atoms with van der Waals surface area (Å²) >= 11 is 2.15. The summed E-state index contributed by atoms with van der Waals surface area (Å²) in [6.07, 6.45) is 4.53. The lowest BCUT2D eigenvalue weighted by Gasteiger charge is -2.27. The van der Waals surface area contributed by atoms with E-state index in [1.54, 1.807) is 17.9 Å². The van der Waals surface area contributed by atoms with Crippen molar-refractivity contribution in [2.75, 3.05) is 13.2 Å². The Bertz CT molecular complexity index is 949. The molecule has 2 aromatic rings. The topological polar surface area (TPSA) is 75.7 Å². The van der Waals surface area contributed by atoms with Crippen molar-refractivity contribution in [2.24, 2.45) is 0 Å². The van der Waals surface area contributed by atoms with Crippen LogP contribution >= 0.6 is 22.6 Å². The second-order valence-electron chi connectivity index (χ2n) is 7.48. The molecule has 0 radical (unpaired) electrons. The highest BCUT2D eigenvalue weighted by Crippen LogP contribution is 2.28. The predicted molar refractivity (Wildman–Crippen MR) is 132 cm³/mol. The van der Waals surface area contributed by atoms with E-state index in [0.29, 0.717) is 13.0 Å². The number of carbonyl (C=O) groups is 3. The van der Waals surface area contributed by atoms with Gasteiger partial charge in [-0.1, -0.05) is 83.3 Å². The zero-order valence-electron chi connectivity index (χ0n) is 17.9. The van der Waals surface area contributed by atoms with Gasteiger partial charge in [-0.2, -0.15) is 0 Å². The number of hydrogen-bond donors (Lipinski definition) is 1. The molecule has 1 fully saturated rings. The first-order valence-electron chi connectivity index (χ1n) is 10.7. The third kappa shape index (κ3) is 6.18. The maximum atomic E-state index is 13.1. The summed E-state index contributed by atoms with van der Waals surface area (Å²) in [5.41, 5.74) is 1.83. The Balaban J connectivity index is 1.72. The number of esters is 1. The fourth-order valence-electron chi connectivity index (χ4n) is 3.69. The summed E-state index contributed by atoms with van der Waals surface area (Å²) in [7, 11) is 0. The average Bonchev–Trinajstić information content (AvgIpc) is 3.32. The molecule has 1 heterocycles. The van der Waals surface area contributed by atoms with Gasteiger partial charge in [-0.3, -0.25) is 9.59 Å². The van der Waals surface area contributed by atoms with Crippen molar-refractivity contribution in [3.63, 3.8) is 0 Å². The van der Waals surface area contributed by atoms with Gasteiger partial charge in [0.1, 0.15) is 12.1 Å². The van der Waals surface area contributed by atoms with Crippen molar-refractivity contribution in [2.45, 2.75) is 35.8 Å². The predicted octanol–water partition coefficient (Wildman–Crippen LogP) is 3.92. The van der Waals surface area contributed by atoms with E-state index in [1.165, 1.54) is 6.08 Å². The van der Waals surface area contributed by atoms with E-state index in [1.807, 2.05) is 60.7 Å². The van der Waals surface area contributed by atoms with Crippen molar-refractivity contribution < 1.29 is 19.1 Å². The standard InChI is InChI=1S/C25H27IN2O4/c1-2-32-25(31)23(22(26)19-12-7-4-8-13-19)27-24(30)20-14-9-17-28(20)21(29)16-15-18-10-5-3-6-11-18/h3-8,10-13,15-16,20,22-23H,2,9,14,17H2,1H3,(H,27,30)/b16-15+/t20-,22-,23-/m0/s1. The molecule has 0 spiro atoms. The molecule has 3 atom stereocenters. The molecule has 0 bridgehead atoms. The lowest BCUT2D eigenvalue weighted by Crippen LogP contribution is -2.52. The minimum atomic E-state index is -0.845. The third-order valence-electron chi connectivity index (χ3n) is 5.31. The molecule has 7 heteroatoms. The number of nitrogens with zero attached hydrogens (tertiary/aromatic N) is 1. The summed E-state index contributed by atoms with van der Waals surface area (Å²) in [6.45, 7) is 2.46. The molecule has 168 valence electrons. The van der Waals surface area contributed by atoms with Crippen molar-refractivity contribution >= 4 is 46.5 Å². The highest BCUT2D eigenvalue weighted by atomic mass is 127. The molecular formula is C25H27IN2O4. The Kier molecular flexibility index (Phi) is 8.84. The molecule has 0 aliphatic carbocycles. The van der Waals surface area contributed by atoms with E-state index in [2.05, 4.69) is 27.9 Å². The summed E-state index contributed by atoms with van der Waals surface area (Å²) in [5.74, 6) is -1.03. The lowest BCUT2D eigenvalue weighted by molar-refractivity contribution is -0.148. The van der Waals surface area contributed by atoms with Gasteiger partial charge in [-0.05, 0) is 37.0 Å². The van der Waals surface area contributed by atoms with E-state index in [0.717, 1.165) is 17.5 Å². The number of hydrogen-bond acceptors (Lipinski definition) is 4. The fourth-order valence-corrected chi connectivity index (χ4v) is 4.58. The van der Waals surface area contributed by atoms with Gasteiger partial charge in [-0.25, -0.2) is 4.79 Å². The van der Waals surface area contributed by atoms with Gasteiger partial charge in [0.05, 0.1) is 10.5 Å². The van der Waals surface area contributed by atoms with Gasteiger partial charge in [0.15, 0.2) is 0 Å². The number of amides is 2. The van der Waals surface area contributed by atoms with Crippen LogP contribution in [0, 0.1) is 0 Å². The molecule has 1 aliphatic rings. The van der Waals surface area contributed by atoms with Crippen molar-refractivity contribution in [3.05, 3.63) is 77.9 Å². The average molecular weight is 546 g/mol. The van der Waals surface area contributed by atoms with Crippen LogP contribution in [0.1, 0.15) is 34.8 Å². The Morgan fingerprint density at radius 1 is 1.12 bits per heavy atom.